The van der Waals surface area contributed by atoms with Crippen LogP contribution in [0.1, 0.15) is 25.7 Å². The first-order chi connectivity index (χ1) is 4.79. The molecule has 0 aromatic carbocycles. The third-order valence-electron chi connectivity index (χ3n) is 1.72. The van der Waals surface area contributed by atoms with Gasteiger partial charge in [-0.1, -0.05) is 6.42 Å². The lowest BCUT2D eigenvalue weighted by atomic mass is 10.0. The Bertz CT molecular complexity index is 121. The van der Waals surface area contributed by atoms with Crippen molar-refractivity contribution < 1.29 is 9.90 Å². The molecule has 1 aliphatic rings. The van der Waals surface area contributed by atoms with Gasteiger partial charge in [-0.25, -0.2) is 0 Å². The van der Waals surface area contributed by atoms with Crippen LogP contribution in [0.15, 0.2) is 0 Å². The Morgan fingerprint density at radius 2 is 2.30 bits per heavy atom. The first-order valence-corrected chi connectivity index (χ1v) is 4.67. The third kappa shape index (κ3) is 2.60. The van der Waals surface area contributed by atoms with Crippen LogP contribution in [0.2, 0.25) is 0 Å². The third-order valence-corrected chi connectivity index (χ3v) is 3.10. The summed E-state index contributed by atoms with van der Waals surface area (Å²) in [4.78, 5) is 10.1. The summed E-state index contributed by atoms with van der Waals surface area (Å²) in [6, 6.07) is 0. The molecule has 1 aliphatic carbocycles. The Kier molecular flexibility index (Phi) is 3.06. The highest BCUT2D eigenvalue weighted by atomic mass is 32.2. The van der Waals surface area contributed by atoms with E-state index in [0.29, 0.717) is 6.42 Å². The van der Waals surface area contributed by atoms with E-state index in [1.54, 1.807) is 0 Å². The standard InChI is InChI=1S/C7H12O2S/c8-7(9)4-5-10-6-2-1-3-6/h6H,1-5H2,(H,8,9). The van der Waals surface area contributed by atoms with Gasteiger partial charge in [0.05, 0.1) is 6.42 Å². The van der Waals surface area contributed by atoms with Crippen LogP contribution in [0.4, 0.5) is 0 Å². The van der Waals surface area contributed by atoms with Crippen LogP contribution in [0.25, 0.3) is 0 Å². The van der Waals surface area contributed by atoms with Gasteiger partial charge < -0.3 is 5.11 Å². The molecule has 1 rings (SSSR count). The maximum atomic E-state index is 10.1. The molecule has 0 radical (unpaired) electrons. The second kappa shape index (κ2) is 3.86. The van der Waals surface area contributed by atoms with Crippen LogP contribution in [0.5, 0.6) is 0 Å². The Labute approximate surface area is 65.0 Å². The van der Waals surface area contributed by atoms with E-state index in [0.717, 1.165) is 11.0 Å². The Morgan fingerprint density at radius 1 is 1.60 bits per heavy atom. The van der Waals surface area contributed by atoms with Gasteiger partial charge in [-0.3, -0.25) is 4.79 Å². The quantitative estimate of drug-likeness (QED) is 0.680. The Morgan fingerprint density at radius 3 is 2.70 bits per heavy atom. The van der Waals surface area contributed by atoms with Crippen molar-refractivity contribution in [2.75, 3.05) is 5.75 Å². The number of hydrogen-bond acceptors (Lipinski definition) is 2. The summed E-state index contributed by atoms with van der Waals surface area (Å²) in [6.45, 7) is 0. The number of carbonyl (C=O) groups is 1. The predicted molar refractivity (Wildman–Crippen MR) is 42.3 cm³/mol. The average Bonchev–Trinajstić information content (AvgIpc) is 1.75. The van der Waals surface area contributed by atoms with Crippen molar-refractivity contribution in [1.82, 2.24) is 0 Å². The molecule has 58 valence electrons. The molecule has 2 nitrogen and oxygen atoms in total. The second-order valence-corrected chi connectivity index (χ2v) is 3.98. The lowest BCUT2D eigenvalue weighted by molar-refractivity contribution is -0.136. The van der Waals surface area contributed by atoms with Gasteiger partial charge in [-0.2, -0.15) is 11.8 Å². The van der Waals surface area contributed by atoms with E-state index in [-0.39, 0.29) is 0 Å². The van der Waals surface area contributed by atoms with E-state index in [2.05, 4.69) is 0 Å². The summed E-state index contributed by atoms with van der Waals surface area (Å²) >= 11 is 1.81. The molecule has 0 aromatic rings. The van der Waals surface area contributed by atoms with Crippen molar-refractivity contribution in [2.24, 2.45) is 0 Å². The number of rotatable bonds is 4. The van der Waals surface area contributed by atoms with Crippen LogP contribution in [-0.2, 0) is 4.79 Å². The number of carboxylic acid groups (broad SMARTS) is 1. The molecule has 0 spiro atoms. The first-order valence-electron chi connectivity index (χ1n) is 3.62. The van der Waals surface area contributed by atoms with Crippen LogP contribution in [0, 0.1) is 0 Å². The molecule has 0 saturated heterocycles. The lowest BCUT2D eigenvalue weighted by Gasteiger charge is -2.24. The minimum Gasteiger partial charge on any atom is -0.481 e. The number of thioether (sulfide) groups is 1. The smallest absolute Gasteiger partial charge is 0.304 e. The molecule has 0 unspecified atom stereocenters. The van der Waals surface area contributed by atoms with E-state index in [4.69, 9.17) is 5.11 Å². The van der Waals surface area contributed by atoms with Gasteiger partial charge in [-0.15, -0.1) is 0 Å². The minimum absolute atomic E-state index is 0.321. The molecule has 1 saturated carbocycles. The van der Waals surface area contributed by atoms with Gasteiger partial charge in [0, 0.05) is 11.0 Å². The molecule has 3 heteroatoms. The fraction of sp³-hybridized carbons (Fsp3) is 0.857. The van der Waals surface area contributed by atoms with Crippen LogP contribution < -0.4 is 0 Å². The molecule has 1 fully saturated rings. The van der Waals surface area contributed by atoms with Crippen molar-refractivity contribution >= 4 is 17.7 Å². The molecule has 0 atom stereocenters. The highest BCUT2D eigenvalue weighted by molar-refractivity contribution is 7.99. The number of aliphatic carboxylic acids is 1. The molecular weight excluding hydrogens is 148 g/mol. The summed E-state index contributed by atoms with van der Waals surface area (Å²) < 4.78 is 0. The zero-order valence-corrected chi connectivity index (χ0v) is 6.69. The molecule has 0 amide bonds. The van der Waals surface area contributed by atoms with Crippen molar-refractivity contribution in [3.63, 3.8) is 0 Å². The van der Waals surface area contributed by atoms with Gasteiger partial charge >= 0.3 is 5.97 Å². The first kappa shape index (κ1) is 7.92. The second-order valence-electron chi connectivity index (χ2n) is 2.57. The van der Waals surface area contributed by atoms with Crippen LogP contribution >= 0.6 is 11.8 Å². The largest absolute Gasteiger partial charge is 0.481 e. The topological polar surface area (TPSA) is 37.3 Å². The summed E-state index contributed by atoms with van der Waals surface area (Å²) in [6.07, 6.45) is 4.25. The van der Waals surface area contributed by atoms with Crippen molar-refractivity contribution in [3.8, 4) is 0 Å². The molecule has 0 aromatic heterocycles. The zero-order chi connectivity index (χ0) is 7.40. The number of hydrogen-bond donors (Lipinski definition) is 1. The molecule has 0 aliphatic heterocycles. The van der Waals surface area contributed by atoms with E-state index in [1.165, 1.54) is 19.3 Å². The molecule has 0 bridgehead atoms. The Hall–Kier alpha value is -0.180. The van der Waals surface area contributed by atoms with Gasteiger partial charge in [0.1, 0.15) is 0 Å². The normalized spacial score (nSPS) is 18.4. The summed E-state index contributed by atoms with van der Waals surface area (Å²) in [5, 5.41) is 9.08. The van der Waals surface area contributed by atoms with Crippen molar-refractivity contribution in [3.05, 3.63) is 0 Å². The molecule has 0 heterocycles. The Balaban J connectivity index is 1.89. The van der Waals surface area contributed by atoms with E-state index >= 15 is 0 Å². The van der Waals surface area contributed by atoms with Gasteiger partial charge in [0.15, 0.2) is 0 Å². The van der Waals surface area contributed by atoms with Crippen molar-refractivity contribution in [1.29, 1.82) is 0 Å². The van der Waals surface area contributed by atoms with Gasteiger partial charge in [0.25, 0.3) is 0 Å². The molecule has 1 N–H and O–H groups in total. The highest BCUT2D eigenvalue weighted by Gasteiger charge is 2.17. The molecule has 10 heavy (non-hydrogen) atoms. The molecular formula is C7H12O2S. The lowest BCUT2D eigenvalue weighted by Crippen LogP contribution is -2.14. The van der Waals surface area contributed by atoms with Gasteiger partial charge in [0.2, 0.25) is 0 Å². The maximum absolute atomic E-state index is 10.1. The average molecular weight is 160 g/mol. The predicted octanol–water partition coefficient (Wildman–Crippen LogP) is 1.75. The fourth-order valence-corrected chi connectivity index (χ4v) is 2.14. The zero-order valence-electron chi connectivity index (χ0n) is 5.88. The van der Waals surface area contributed by atoms with Crippen molar-refractivity contribution in [2.45, 2.75) is 30.9 Å². The SMILES string of the molecule is O=C(O)CCSC1CCC1. The van der Waals surface area contributed by atoms with Gasteiger partial charge in [-0.05, 0) is 12.8 Å². The summed E-state index contributed by atoms with van der Waals surface area (Å²) in [5.41, 5.74) is 0. The maximum Gasteiger partial charge on any atom is 0.304 e. The van der Waals surface area contributed by atoms with Crippen LogP contribution in [-0.4, -0.2) is 22.1 Å². The minimum atomic E-state index is -0.674. The summed E-state index contributed by atoms with van der Waals surface area (Å²) in [5.74, 6) is 0.117. The fourth-order valence-electron chi connectivity index (χ4n) is 0.850. The highest BCUT2D eigenvalue weighted by Crippen LogP contribution is 2.31. The monoisotopic (exact) mass is 160 g/mol. The van der Waals surface area contributed by atoms with Crippen LogP contribution in [0.3, 0.4) is 0 Å². The van der Waals surface area contributed by atoms with E-state index in [1.807, 2.05) is 11.8 Å². The van der Waals surface area contributed by atoms with E-state index in [9.17, 15) is 4.79 Å². The van der Waals surface area contributed by atoms with E-state index < -0.39 is 5.97 Å². The number of carboxylic acids is 1. The summed E-state index contributed by atoms with van der Waals surface area (Å²) in [7, 11) is 0.